The van der Waals surface area contributed by atoms with Crippen LogP contribution in [0.25, 0.3) is 11.2 Å². The summed E-state index contributed by atoms with van der Waals surface area (Å²) in [6.07, 6.45) is 5.59. The van der Waals surface area contributed by atoms with Crippen molar-refractivity contribution in [3.05, 3.63) is 36.0 Å². The van der Waals surface area contributed by atoms with E-state index in [2.05, 4.69) is 20.6 Å². The van der Waals surface area contributed by atoms with Crippen LogP contribution in [0.4, 0.5) is 26.4 Å². The molecule has 166 valence electrons. The van der Waals surface area contributed by atoms with Crippen LogP contribution in [-0.2, 0) is 4.74 Å². The lowest BCUT2D eigenvalue weighted by atomic mass is 9.92. The summed E-state index contributed by atoms with van der Waals surface area (Å²) in [5.41, 5.74) is 1.46. The first-order valence-corrected chi connectivity index (χ1v) is 10.8. The first-order valence-electron chi connectivity index (χ1n) is 10.8. The lowest BCUT2D eigenvalue weighted by molar-refractivity contribution is 0.0276. The van der Waals surface area contributed by atoms with E-state index in [4.69, 9.17) is 9.72 Å². The molecule has 1 fully saturated rings. The van der Waals surface area contributed by atoms with E-state index in [1.165, 1.54) is 12.1 Å². The monoisotopic (exact) mass is 430 g/mol. The van der Waals surface area contributed by atoms with Gasteiger partial charge in [0.2, 0.25) is 11.9 Å². The smallest absolute Gasteiger partial charge is 0.224 e. The van der Waals surface area contributed by atoms with E-state index in [-0.39, 0.29) is 23.9 Å². The first-order chi connectivity index (χ1) is 14.9. The molecule has 2 heterocycles. The summed E-state index contributed by atoms with van der Waals surface area (Å²) in [6.45, 7) is 6.75. The van der Waals surface area contributed by atoms with E-state index in [0.717, 1.165) is 31.7 Å². The van der Waals surface area contributed by atoms with E-state index in [1.807, 2.05) is 25.3 Å². The van der Waals surface area contributed by atoms with E-state index in [0.29, 0.717) is 29.7 Å². The van der Waals surface area contributed by atoms with Gasteiger partial charge in [0.05, 0.1) is 18.0 Å². The standard InChI is InChI=1S/C22H28F2N6O/c1-4-31-16-8-6-15(7-9-16)30-20-19(12-25-21(29-20)26-13(2)3)28-22(30)27-18-10-5-14(23)11-17(18)24/h5,10-13,15-16H,4,6-9H2,1-3H3,(H,27,28)(H,25,26,29). The normalized spacial score (nSPS) is 19.2. The molecule has 0 bridgehead atoms. The number of hydrogen-bond donors (Lipinski definition) is 2. The van der Waals surface area contributed by atoms with Gasteiger partial charge < -0.3 is 15.4 Å². The van der Waals surface area contributed by atoms with Gasteiger partial charge in [0, 0.05) is 24.8 Å². The number of nitrogens with zero attached hydrogens (tertiary/aromatic N) is 4. The van der Waals surface area contributed by atoms with Gasteiger partial charge in [0.25, 0.3) is 0 Å². The zero-order valence-electron chi connectivity index (χ0n) is 18.0. The van der Waals surface area contributed by atoms with Crippen LogP contribution in [0.5, 0.6) is 0 Å². The van der Waals surface area contributed by atoms with E-state index >= 15 is 0 Å². The molecule has 9 heteroatoms. The molecule has 1 aromatic carbocycles. The maximum atomic E-state index is 14.3. The van der Waals surface area contributed by atoms with Gasteiger partial charge in [0.15, 0.2) is 5.65 Å². The van der Waals surface area contributed by atoms with Gasteiger partial charge in [-0.15, -0.1) is 0 Å². The van der Waals surface area contributed by atoms with Crippen molar-refractivity contribution in [2.75, 3.05) is 17.2 Å². The molecule has 0 amide bonds. The molecule has 0 spiro atoms. The lowest BCUT2D eigenvalue weighted by Crippen LogP contribution is -2.24. The third-order valence-corrected chi connectivity index (χ3v) is 5.44. The molecule has 1 saturated carbocycles. The summed E-state index contributed by atoms with van der Waals surface area (Å²) in [5, 5.41) is 6.26. The van der Waals surface area contributed by atoms with Crippen LogP contribution in [0.2, 0.25) is 0 Å². The maximum absolute atomic E-state index is 14.3. The Morgan fingerprint density at radius 3 is 2.61 bits per heavy atom. The summed E-state index contributed by atoms with van der Waals surface area (Å²) in [7, 11) is 0. The van der Waals surface area contributed by atoms with Crippen LogP contribution in [0.3, 0.4) is 0 Å². The van der Waals surface area contributed by atoms with Gasteiger partial charge in [0.1, 0.15) is 17.2 Å². The van der Waals surface area contributed by atoms with Crippen LogP contribution in [0, 0.1) is 11.6 Å². The number of ether oxygens (including phenoxy) is 1. The van der Waals surface area contributed by atoms with Gasteiger partial charge >= 0.3 is 0 Å². The average molecular weight is 431 g/mol. The second-order valence-corrected chi connectivity index (χ2v) is 8.14. The predicted octanol–water partition coefficient (Wildman–Crippen LogP) is 5.19. The highest BCUT2D eigenvalue weighted by Crippen LogP contribution is 2.36. The minimum atomic E-state index is -0.674. The highest BCUT2D eigenvalue weighted by atomic mass is 19.1. The SMILES string of the molecule is CCOC1CCC(n2c(Nc3ccc(F)cc3F)nc3cnc(NC(C)C)nc32)CC1. The molecular weight excluding hydrogens is 402 g/mol. The topological polar surface area (TPSA) is 76.9 Å². The second-order valence-electron chi connectivity index (χ2n) is 8.14. The van der Waals surface area contributed by atoms with Gasteiger partial charge in [-0.1, -0.05) is 0 Å². The van der Waals surface area contributed by atoms with Crippen molar-refractivity contribution >= 4 is 28.7 Å². The van der Waals surface area contributed by atoms with Crippen molar-refractivity contribution in [1.82, 2.24) is 19.5 Å². The molecule has 4 rings (SSSR count). The fourth-order valence-electron chi connectivity index (χ4n) is 4.07. The van der Waals surface area contributed by atoms with Crippen LogP contribution in [0.1, 0.15) is 52.5 Å². The summed E-state index contributed by atoms with van der Waals surface area (Å²) < 4.78 is 35.5. The van der Waals surface area contributed by atoms with Crippen LogP contribution >= 0.6 is 0 Å². The van der Waals surface area contributed by atoms with E-state index in [1.54, 1.807) is 6.20 Å². The number of halogens is 2. The largest absolute Gasteiger partial charge is 0.379 e. The molecular formula is C22H28F2N6O. The molecule has 0 unspecified atom stereocenters. The Morgan fingerprint density at radius 1 is 1.16 bits per heavy atom. The Hall–Kier alpha value is -2.81. The summed E-state index contributed by atoms with van der Waals surface area (Å²) in [6, 6.07) is 3.76. The molecule has 7 nitrogen and oxygen atoms in total. The molecule has 0 atom stereocenters. The summed E-state index contributed by atoms with van der Waals surface area (Å²) in [5.74, 6) is -0.310. The maximum Gasteiger partial charge on any atom is 0.224 e. The number of benzene rings is 1. The zero-order valence-corrected chi connectivity index (χ0v) is 18.0. The van der Waals surface area contributed by atoms with Gasteiger partial charge in [-0.3, -0.25) is 4.57 Å². The van der Waals surface area contributed by atoms with E-state index < -0.39 is 11.6 Å². The number of aromatic nitrogens is 4. The number of nitrogens with one attached hydrogen (secondary N) is 2. The molecule has 31 heavy (non-hydrogen) atoms. The number of rotatable bonds is 7. The second kappa shape index (κ2) is 9.13. The Labute approximate surface area is 180 Å². The van der Waals surface area contributed by atoms with Crippen molar-refractivity contribution in [3.8, 4) is 0 Å². The quantitative estimate of drug-likeness (QED) is 0.537. The predicted molar refractivity (Wildman–Crippen MR) is 117 cm³/mol. The van der Waals surface area contributed by atoms with E-state index in [9.17, 15) is 8.78 Å². The third kappa shape index (κ3) is 4.76. The Morgan fingerprint density at radius 2 is 1.94 bits per heavy atom. The minimum Gasteiger partial charge on any atom is -0.379 e. The van der Waals surface area contributed by atoms with Crippen LogP contribution in [0.15, 0.2) is 24.4 Å². The molecule has 3 aromatic rings. The zero-order chi connectivity index (χ0) is 22.0. The molecule has 2 aromatic heterocycles. The number of fused-ring (bicyclic) bond motifs is 1. The third-order valence-electron chi connectivity index (χ3n) is 5.44. The van der Waals surface area contributed by atoms with Crippen LogP contribution in [-0.4, -0.2) is 38.3 Å². The van der Waals surface area contributed by atoms with Crippen molar-refractivity contribution < 1.29 is 13.5 Å². The van der Waals surface area contributed by atoms with Crippen molar-refractivity contribution in [2.45, 2.75) is 64.6 Å². The summed E-state index contributed by atoms with van der Waals surface area (Å²) in [4.78, 5) is 13.7. The molecule has 2 N–H and O–H groups in total. The van der Waals surface area contributed by atoms with Gasteiger partial charge in [-0.05, 0) is 58.6 Å². The molecule has 0 saturated heterocycles. The Kier molecular flexibility index (Phi) is 6.31. The minimum absolute atomic E-state index is 0.134. The fraction of sp³-hybridized carbons (Fsp3) is 0.500. The summed E-state index contributed by atoms with van der Waals surface area (Å²) >= 11 is 0. The first kappa shape index (κ1) is 21.4. The van der Waals surface area contributed by atoms with Crippen molar-refractivity contribution in [1.29, 1.82) is 0 Å². The Balaban J connectivity index is 1.72. The number of hydrogen-bond acceptors (Lipinski definition) is 6. The molecule has 1 aliphatic rings. The molecule has 0 aliphatic heterocycles. The molecule has 0 radical (unpaired) electrons. The number of anilines is 3. The highest BCUT2D eigenvalue weighted by Gasteiger charge is 2.27. The van der Waals surface area contributed by atoms with Gasteiger partial charge in [-0.25, -0.2) is 18.7 Å². The van der Waals surface area contributed by atoms with Crippen molar-refractivity contribution in [2.24, 2.45) is 0 Å². The van der Waals surface area contributed by atoms with Crippen LogP contribution < -0.4 is 10.6 Å². The Bertz CT molecular complexity index is 1050. The average Bonchev–Trinajstić information content (AvgIpc) is 3.08. The highest BCUT2D eigenvalue weighted by molar-refractivity contribution is 5.76. The molecule has 1 aliphatic carbocycles. The van der Waals surface area contributed by atoms with Gasteiger partial charge in [-0.2, -0.15) is 4.98 Å². The fourth-order valence-corrected chi connectivity index (χ4v) is 4.07. The van der Waals surface area contributed by atoms with Crippen molar-refractivity contribution in [3.63, 3.8) is 0 Å². The number of imidazole rings is 1. The lowest BCUT2D eigenvalue weighted by Gasteiger charge is -2.30.